The SMILES string of the molecule is CC1(C)c2ccccc2N(c2ccccc2)c2c1ccc1sc3cc4c(cc3c21)sc1ccc2c(c14)N(c1ccccc1)c1ccccc1C2(C)C. The molecular formula is C48H36N2S2. The monoisotopic (exact) mass is 704 g/mol. The van der Waals surface area contributed by atoms with Gasteiger partial charge in [-0.3, -0.25) is 0 Å². The van der Waals surface area contributed by atoms with Gasteiger partial charge in [-0.1, -0.05) is 113 Å². The maximum atomic E-state index is 2.52. The second kappa shape index (κ2) is 10.6. The summed E-state index contributed by atoms with van der Waals surface area (Å²) in [6.45, 7) is 9.55. The van der Waals surface area contributed by atoms with Crippen LogP contribution in [0.5, 0.6) is 0 Å². The van der Waals surface area contributed by atoms with Crippen LogP contribution in [0, 0.1) is 0 Å². The van der Waals surface area contributed by atoms with E-state index in [1.54, 1.807) is 0 Å². The summed E-state index contributed by atoms with van der Waals surface area (Å²) in [5.74, 6) is 0. The highest BCUT2D eigenvalue weighted by Crippen LogP contribution is 2.59. The van der Waals surface area contributed by atoms with E-state index in [0.29, 0.717) is 0 Å². The number of anilines is 6. The summed E-state index contributed by atoms with van der Waals surface area (Å²) in [5.41, 5.74) is 12.7. The summed E-state index contributed by atoms with van der Waals surface area (Å²) in [5, 5.41) is 5.38. The van der Waals surface area contributed by atoms with Crippen molar-refractivity contribution >= 4 is 97.1 Å². The van der Waals surface area contributed by atoms with Crippen LogP contribution >= 0.6 is 22.7 Å². The summed E-state index contributed by atoms with van der Waals surface area (Å²) in [6, 6.07) is 54.3. The van der Waals surface area contributed by atoms with Crippen molar-refractivity contribution in [3.63, 3.8) is 0 Å². The van der Waals surface area contributed by atoms with Crippen molar-refractivity contribution in [2.24, 2.45) is 0 Å². The van der Waals surface area contributed by atoms with Gasteiger partial charge in [0.05, 0.1) is 22.7 Å². The first-order valence-electron chi connectivity index (χ1n) is 18.1. The number of fused-ring (bicyclic) bond motifs is 12. The lowest BCUT2D eigenvalue weighted by molar-refractivity contribution is 0.633. The summed E-state index contributed by atoms with van der Waals surface area (Å²) in [4.78, 5) is 5.04. The Labute approximate surface area is 311 Å². The second-order valence-electron chi connectivity index (χ2n) is 15.3. The Bertz CT molecular complexity index is 2710. The molecule has 0 saturated heterocycles. The average molecular weight is 705 g/mol. The number of nitrogens with zero attached hydrogens (tertiary/aromatic N) is 2. The van der Waals surface area contributed by atoms with Crippen molar-refractivity contribution in [1.82, 2.24) is 0 Å². The molecule has 4 heteroatoms. The lowest BCUT2D eigenvalue weighted by Gasteiger charge is -2.42. The molecule has 9 aromatic rings. The third kappa shape index (κ3) is 3.94. The maximum Gasteiger partial charge on any atom is 0.0595 e. The summed E-state index contributed by atoms with van der Waals surface area (Å²) in [7, 11) is 0. The standard InChI is InChI=1S/C48H36N2S2/c1-47(2)33-19-11-13-21-37(33)49(29-15-7-5-8-16-29)45-35(47)23-25-39-43(45)31-27-42-32(28-41(31)51-39)44-40(52-42)26-24-36-46(44)50(30-17-9-6-10-18-30)38-22-14-12-20-34(38)48(36,3)4/h5-28H,1-4H3. The van der Waals surface area contributed by atoms with E-state index >= 15 is 0 Å². The summed E-state index contributed by atoms with van der Waals surface area (Å²) < 4.78 is 5.32. The van der Waals surface area contributed by atoms with Gasteiger partial charge >= 0.3 is 0 Å². The molecule has 7 aromatic carbocycles. The molecule has 52 heavy (non-hydrogen) atoms. The fraction of sp³-hybridized carbons (Fsp3) is 0.125. The minimum absolute atomic E-state index is 0.148. The van der Waals surface area contributed by atoms with Gasteiger partial charge in [-0.15, -0.1) is 22.7 Å². The third-order valence-electron chi connectivity index (χ3n) is 11.8. The molecule has 0 N–H and O–H groups in total. The van der Waals surface area contributed by atoms with E-state index in [1.165, 1.54) is 96.7 Å². The van der Waals surface area contributed by atoms with Crippen molar-refractivity contribution in [1.29, 1.82) is 0 Å². The molecule has 0 fully saturated rings. The van der Waals surface area contributed by atoms with E-state index in [4.69, 9.17) is 0 Å². The van der Waals surface area contributed by atoms with Gasteiger partial charge in [0.1, 0.15) is 0 Å². The number of benzene rings is 7. The molecule has 250 valence electrons. The van der Waals surface area contributed by atoms with Crippen LogP contribution in [0.2, 0.25) is 0 Å². The van der Waals surface area contributed by atoms with Crippen LogP contribution in [0.4, 0.5) is 34.1 Å². The van der Waals surface area contributed by atoms with Gasteiger partial charge in [-0.05, 0) is 82.9 Å². The van der Waals surface area contributed by atoms with Crippen LogP contribution < -0.4 is 9.80 Å². The quantitative estimate of drug-likeness (QED) is 0.177. The van der Waals surface area contributed by atoms with Crippen LogP contribution in [-0.2, 0) is 10.8 Å². The Hall–Kier alpha value is -5.42. The van der Waals surface area contributed by atoms with E-state index in [9.17, 15) is 0 Å². The highest BCUT2D eigenvalue weighted by Gasteiger charge is 2.40. The van der Waals surface area contributed by atoms with Gasteiger partial charge < -0.3 is 9.80 Å². The number of hydrogen-bond acceptors (Lipinski definition) is 4. The van der Waals surface area contributed by atoms with Gasteiger partial charge in [-0.25, -0.2) is 0 Å². The molecule has 0 bridgehead atoms. The molecule has 0 saturated carbocycles. The first-order chi connectivity index (χ1) is 25.3. The van der Waals surface area contributed by atoms with Gasteiger partial charge in [0.25, 0.3) is 0 Å². The van der Waals surface area contributed by atoms with E-state index in [-0.39, 0.29) is 10.8 Å². The van der Waals surface area contributed by atoms with Gasteiger partial charge in [0.15, 0.2) is 0 Å². The molecule has 0 atom stereocenters. The highest BCUT2D eigenvalue weighted by atomic mass is 32.1. The van der Waals surface area contributed by atoms with E-state index in [1.807, 2.05) is 22.7 Å². The Morgan fingerprint density at radius 2 is 0.769 bits per heavy atom. The minimum Gasteiger partial charge on any atom is -0.309 e. The Morgan fingerprint density at radius 3 is 1.19 bits per heavy atom. The Morgan fingerprint density at radius 1 is 0.385 bits per heavy atom. The fourth-order valence-corrected chi connectivity index (χ4v) is 11.5. The number of rotatable bonds is 2. The van der Waals surface area contributed by atoms with Crippen molar-refractivity contribution in [3.05, 3.63) is 168 Å². The van der Waals surface area contributed by atoms with E-state index in [2.05, 4.69) is 183 Å². The summed E-state index contributed by atoms with van der Waals surface area (Å²) >= 11 is 3.85. The zero-order valence-electron chi connectivity index (χ0n) is 29.6. The fourth-order valence-electron chi connectivity index (χ4n) is 9.28. The summed E-state index contributed by atoms with van der Waals surface area (Å²) in [6.07, 6.45) is 0. The van der Waals surface area contributed by atoms with Crippen LogP contribution in [0.3, 0.4) is 0 Å². The van der Waals surface area contributed by atoms with Crippen molar-refractivity contribution in [2.75, 3.05) is 9.80 Å². The van der Waals surface area contributed by atoms with Crippen LogP contribution in [0.25, 0.3) is 40.3 Å². The molecule has 11 rings (SSSR count). The normalized spacial score (nSPS) is 15.5. The molecule has 2 aliphatic heterocycles. The second-order valence-corrected chi connectivity index (χ2v) is 17.5. The molecule has 0 spiro atoms. The molecule has 4 heterocycles. The molecule has 0 aliphatic carbocycles. The van der Waals surface area contributed by atoms with Gasteiger partial charge in [0.2, 0.25) is 0 Å². The van der Waals surface area contributed by atoms with Gasteiger partial charge in [-0.2, -0.15) is 0 Å². The molecule has 2 nitrogen and oxygen atoms in total. The molecule has 2 aliphatic rings. The largest absolute Gasteiger partial charge is 0.309 e. The van der Waals surface area contributed by atoms with Crippen LogP contribution in [0.1, 0.15) is 49.9 Å². The molecule has 0 radical (unpaired) electrons. The minimum atomic E-state index is -0.148. The van der Waals surface area contributed by atoms with E-state index < -0.39 is 0 Å². The van der Waals surface area contributed by atoms with Crippen molar-refractivity contribution in [3.8, 4) is 0 Å². The Balaban J connectivity index is 1.23. The molecule has 2 aromatic heterocycles. The third-order valence-corrected chi connectivity index (χ3v) is 14.0. The number of thiophene rings is 2. The maximum absolute atomic E-state index is 2.52. The van der Waals surface area contributed by atoms with Crippen LogP contribution in [-0.4, -0.2) is 0 Å². The smallest absolute Gasteiger partial charge is 0.0595 e. The molecular weight excluding hydrogens is 669 g/mol. The molecule has 0 amide bonds. The lowest BCUT2D eigenvalue weighted by atomic mass is 9.73. The van der Waals surface area contributed by atoms with Gasteiger partial charge in [0, 0.05) is 62.5 Å². The van der Waals surface area contributed by atoms with Crippen molar-refractivity contribution in [2.45, 2.75) is 38.5 Å². The first kappa shape index (κ1) is 30.2. The average Bonchev–Trinajstić information content (AvgIpc) is 3.72. The zero-order chi connectivity index (χ0) is 34.9. The zero-order valence-corrected chi connectivity index (χ0v) is 31.2. The van der Waals surface area contributed by atoms with E-state index in [0.717, 1.165) is 0 Å². The number of para-hydroxylation sites is 4. The lowest BCUT2D eigenvalue weighted by Crippen LogP contribution is -2.30. The van der Waals surface area contributed by atoms with Crippen LogP contribution in [0.15, 0.2) is 146 Å². The topological polar surface area (TPSA) is 6.48 Å². The first-order valence-corrected chi connectivity index (χ1v) is 19.7. The predicted octanol–water partition coefficient (Wildman–Crippen LogP) is 14.6. The molecule has 0 unspecified atom stereocenters. The predicted molar refractivity (Wildman–Crippen MR) is 226 cm³/mol. The highest BCUT2D eigenvalue weighted by molar-refractivity contribution is 7.27. The number of hydrogen-bond donors (Lipinski definition) is 0. The van der Waals surface area contributed by atoms with Crippen molar-refractivity contribution < 1.29 is 0 Å². The Kier molecular flexibility index (Phi) is 6.14.